The Morgan fingerprint density at radius 2 is 1.67 bits per heavy atom. The van der Waals surface area contributed by atoms with Crippen molar-refractivity contribution in [3.8, 4) is 0 Å². The van der Waals surface area contributed by atoms with E-state index in [2.05, 4.69) is 24.4 Å². The minimum Gasteiger partial charge on any atom is -0.355 e. The quantitative estimate of drug-likeness (QED) is 0.711. The van der Waals surface area contributed by atoms with Crippen molar-refractivity contribution in [2.75, 3.05) is 6.54 Å². The van der Waals surface area contributed by atoms with Gasteiger partial charge in [0.1, 0.15) is 0 Å². The molecule has 4 heteroatoms. The fourth-order valence-corrected chi connectivity index (χ4v) is 2.68. The topological polar surface area (TPSA) is 46.2 Å². The number of hydrogen-bond donors (Lipinski definition) is 1. The van der Waals surface area contributed by atoms with Crippen LogP contribution in [0.2, 0.25) is 5.02 Å². The lowest BCUT2D eigenvalue weighted by Crippen LogP contribution is -2.28. The van der Waals surface area contributed by atoms with Gasteiger partial charge in [-0.25, -0.2) is 0 Å². The van der Waals surface area contributed by atoms with Crippen LogP contribution >= 0.6 is 11.6 Å². The Morgan fingerprint density at radius 1 is 1.00 bits per heavy atom. The molecule has 3 nitrogen and oxygen atoms in total. The van der Waals surface area contributed by atoms with Gasteiger partial charge in [0, 0.05) is 35.9 Å². The SMILES string of the molecule is CCC(CNC(=O)CCC(=O)c1ccc(Cl)cc1)c1ccccc1. The molecular formula is C20H22ClNO2. The molecule has 0 aromatic heterocycles. The molecule has 0 bridgehead atoms. The highest BCUT2D eigenvalue weighted by Gasteiger charge is 2.12. The number of Topliss-reactive ketones (excluding diaryl/α,β-unsaturated/α-hetero) is 1. The number of amides is 1. The number of carbonyl (C=O) groups excluding carboxylic acids is 2. The van der Waals surface area contributed by atoms with Gasteiger partial charge in [-0.1, -0.05) is 48.9 Å². The highest BCUT2D eigenvalue weighted by Crippen LogP contribution is 2.18. The number of nitrogens with one attached hydrogen (secondary N) is 1. The second kappa shape index (κ2) is 9.24. The van der Waals surface area contributed by atoms with Crippen molar-refractivity contribution in [1.82, 2.24) is 5.32 Å². The maximum Gasteiger partial charge on any atom is 0.220 e. The Balaban J connectivity index is 1.78. The summed E-state index contributed by atoms with van der Waals surface area (Å²) in [4.78, 5) is 24.1. The number of benzene rings is 2. The summed E-state index contributed by atoms with van der Waals surface area (Å²) in [6, 6.07) is 16.9. The van der Waals surface area contributed by atoms with E-state index in [4.69, 9.17) is 11.6 Å². The molecule has 2 rings (SSSR count). The summed E-state index contributed by atoms with van der Waals surface area (Å²) in [5.41, 5.74) is 1.81. The zero-order valence-corrected chi connectivity index (χ0v) is 14.6. The molecule has 0 aliphatic rings. The van der Waals surface area contributed by atoms with E-state index >= 15 is 0 Å². The van der Waals surface area contributed by atoms with Crippen molar-refractivity contribution >= 4 is 23.3 Å². The number of carbonyl (C=O) groups is 2. The van der Waals surface area contributed by atoms with E-state index in [0.717, 1.165) is 6.42 Å². The molecule has 2 aromatic carbocycles. The molecule has 0 aliphatic heterocycles. The molecule has 126 valence electrons. The van der Waals surface area contributed by atoms with E-state index in [9.17, 15) is 9.59 Å². The number of hydrogen-bond acceptors (Lipinski definition) is 2. The van der Waals surface area contributed by atoms with Gasteiger partial charge in [-0.3, -0.25) is 9.59 Å². The Kier molecular flexibility index (Phi) is 7.01. The van der Waals surface area contributed by atoms with Gasteiger partial charge in [-0.15, -0.1) is 0 Å². The van der Waals surface area contributed by atoms with Gasteiger partial charge in [0.05, 0.1) is 0 Å². The van der Waals surface area contributed by atoms with Gasteiger partial charge in [0.2, 0.25) is 5.91 Å². The summed E-state index contributed by atoms with van der Waals surface area (Å²) in [7, 11) is 0. The third-order valence-corrected chi connectivity index (χ3v) is 4.31. The van der Waals surface area contributed by atoms with Crippen LogP contribution in [0.4, 0.5) is 0 Å². The number of halogens is 1. The van der Waals surface area contributed by atoms with E-state index in [1.807, 2.05) is 18.2 Å². The molecule has 1 amide bonds. The predicted molar refractivity (Wildman–Crippen MR) is 97.5 cm³/mol. The summed E-state index contributed by atoms with van der Waals surface area (Å²) in [5, 5.41) is 3.53. The normalized spacial score (nSPS) is 11.8. The lowest BCUT2D eigenvalue weighted by molar-refractivity contribution is -0.121. The maximum absolute atomic E-state index is 12.1. The standard InChI is InChI=1S/C20H22ClNO2/c1-2-15(16-6-4-3-5-7-16)14-22-20(24)13-12-19(23)17-8-10-18(21)11-9-17/h3-11,15H,2,12-14H2,1H3,(H,22,24). The van der Waals surface area contributed by atoms with Gasteiger partial charge in [0.15, 0.2) is 5.78 Å². The van der Waals surface area contributed by atoms with Gasteiger partial charge >= 0.3 is 0 Å². The van der Waals surface area contributed by atoms with Crippen LogP contribution in [0.25, 0.3) is 0 Å². The summed E-state index contributed by atoms with van der Waals surface area (Å²) in [6.45, 7) is 2.70. The van der Waals surface area contributed by atoms with Crippen LogP contribution in [0.15, 0.2) is 54.6 Å². The smallest absolute Gasteiger partial charge is 0.220 e. The van der Waals surface area contributed by atoms with Crippen molar-refractivity contribution < 1.29 is 9.59 Å². The molecule has 24 heavy (non-hydrogen) atoms. The van der Waals surface area contributed by atoms with Crippen molar-refractivity contribution in [3.05, 3.63) is 70.7 Å². The second-order valence-corrected chi connectivity index (χ2v) is 6.19. The van der Waals surface area contributed by atoms with Gasteiger partial charge in [-0.05, 0) is 36.2 Å². The average Bonchev–Trinajstić information content (AvgIpc) is 2.61. The molecule has 1 atom stereocenters. The third-order valence-electron chi connectivity index (χ3n) is 4.05. The molecule has 1 N–H and O–H groups in total. The van der Waals surface area contributed by atoms with Crippen LogP contribution in [0.1, 0.15) is 48.0 Å². The Hall–Kier alpha value is -2.13. The fraction of sp³-hybridized carbons (Fsp3) is 0.300. The van der Waals surface area contributed by atoms with Crippen molar-refractivity contribution in [3.63, 3.8) is 0 Å². The van der Waals surface area contributed by atoms with Crippen molar-refractivity contribution in [1.29, 1.82) is 0 Å². The molecule has 0 heterocycles. The molecule has 0 radical (unpaired) electrons. The van der Waals surface area contributed by atoms with Crippen molar-refractivity contribution in [2.45, 2.75) is 32.1 Å². The van der Waals surface area contributed by atoms with Crippen molar-refractivity contribution in [2.24, 2.45) is 0 Å². The molecule has 2 aromatic rings. The van der Waals surface area contributed by atoms with Crippen LogP contribution in [-0.2, 0) is 4.79 Å². The van der Waals surface area contributed by atoms with Crippen LogP contribution < -0.4 is 5.32 Å². The summed E-state index contributed by atoms with van der Waals surface area (Å²) >= 11 is 5.80. The van der Waals surface area contributed by atoms with Gasteiger partial charge in [0.25, 0.3) is 0 Å². The van der Waals surface area contributed by atoms with Gasteiger partial charge < -0.3 is 5.32 Å². The summed E-state index contributed by atoms with van der Waals surface area (Å²) in [5.74, 6) is 0.158. The lowest BCUT2D eigenvalue weighted by atomic mass is 9.96. The maximum atomic E-state index is 12.1. The minimum absolute atomic E-state index is 0.0445. The summed E-state index contributed by atoms with van der Waals surface area (Å²) in [6.07, 6.45) is 1.36. The summed E-state index contributed by atoms with van der Waals surface area (Å²) < 4.78 is 0. The highest BCUT2D eigenvalue weighted by molar-refractivity contribution is 6.30. The molecule has 0 fully saturated rings. The van der Waals surface area contributed by atoms with E-state index in [-0.39, 0.29) is 24.5 Å². The molecule has 0 aliphatic carbocycles. The van der Waals surface area contributed by atoms with E-state index in [1.54, 1.807) is 24.3 Å². The predicted octanol–water partition coefficient (Wildman–Crippen LogP) is 4.61. The van der Waals surface area contributed by atoms with Crippen LogP contribution in [0, 0.1) is 0 Å². The number of ketones is 1. The Labute approximate surface area is 148 Å². The van der Waals surface area contributed by atoms with E-state index in [1.165, 1.54) is 5.56 Å². The Bertz CT molecular complexity index is 668. The number of rotatable bonds is 8. The lowest BCUT2D eigenvalue weighted by Gasteiger charge is -2.16. The van der Waals surface area contributed by atoms with E-state index < -0.39 is 0 Å². The third kappa shape index (κ3) is 5.50. The zero-order valence-electron chi connectivity index (χ0n) is 13.8. The molecular weight excluding hydrogens is 322 g/mol. The molecule has 0 spiro atoms. The van der Waals surface area contributed by atoms with Crippen LogP contribution in [-0.4, -0.2) is 18.2 Å². The average molecular weight is 344 g/mol. The fourth-order valence-electron chi connectivity index (χ4n) is 2.56. The first-order valence-electron chi connectivity index (χ1n) is 8.20. The molecule has 0 saturated carbocycles. The first-order chi connectivity index (χ1) is 11.6. The Morgan fingerprint density at radius 3 is 2.29 bits per heavy atom. The largest absolute Gasteiger partial charge is 0.355 e. The first-order valence-corrected chi connectivity index (χ1v) is 8.58. The molecule has 1 unspecified atom stereocenters. The minimum atomic E-state index is -0.0910. The highest BCUT2D eigenvalue weighted by atomic mass is 35.5. The zero-order chi connectivity index (χ0) is 17.4. The molecule has 0 saturated heterocycles. The monoisotopic (exact) mass is 343 g/mol. The van der Waals surface area contributed by atoms with Crippen LogP contribution in [0.3, 0.4) is 0 Å². The van der Waals surface area contributed by atoms with Crippen LogP contribution in [0.5, 0.6) is 0 Å². The second-order valence-electron chi connectivity index (χ2n) is 5.75. The van der Waals surface area contributed by atoms with E-state index in [0.29, 0.717) is 23.0 Å². The first kappa shape index (κ1) is 18.2. The van der Waals surface area contributed by atoms with Gasteiger partial charge in [-0.2, -0.15) is 0 Å².